The Labute approximate surface area is 127 Å². The predicted octanol–water partition coefficient (Wildman–Crippen LogP) is 1.07. The molecule has 7 nitrogen and oxygen atoms in total. The van der Waals surface area contributed by atoms with Crippen LogP contribution in [0.2, 0.25) is 0 Å². The highest BCUT2D eigenvalue weighted by molar-refractivity contribution is 6.45. The van der Waals surface area contributed by atoms with Gasteiger partial charge in [0.2, 0.25) is 5.91 Å². The second-order valence-electron chi connectivity index (χ2n) is 5.40. The number of imide groups is 2. The zero-order valence-corrected chi connectivity index (χ0v) is 12.4. The predicted molar refractivity (Wildman–Crippen MR) is 78.7 cm³/mol. The van der Waals surface area contributed by atoms with E-state index in [2.05, 4.69) is 5.32 Å². The first-order valence-corrected chi connectivity index (χ1v) is 6.92. The van der Waals surface area contributed by atoms with Gasteiger partial charge in [-0.1, -0.05) is 32.0 Å². The van der Waals surface area contributed by atoms with E-state index in [0.29, 0.717) is 10.6 Å². The molecule has 0 aliphatic carbocycles. The van der Waals surface area contributed by atoms with E-state index in [4.69, 9.17) is 0 Å². The fourth-order valence-corrected chi connectivity index (χ4v) is 2.08. The standard InChI is InChI=1S/C15H17N3O4/c1-10(2)8-17-13(20)14(21)18(15(17)22)9-12(19)16-11-6-4-3-5-7-11/h3-7,10H,8-9H2,1-2H3,(H,16,19). The van der Waals surface area contributed by atoms with Gasteiger partial charge in [-0.05, 0) is 18.1 Å². The molecule has 0 aromatic heterocycles. The Morgan fingerprint density at radius 1 is 1.05 bits per heavy atom. The minimum atomic E-state index is -0.964. The zero-order valence-electron chi connectivity index (χ0n) is 12.4. The average Bonchev–Trinajstić information content (AvgIpc) is 2.66. The second-order valence-corrected chi connectivity index (χ2v) is 5.40. The lowest BCUT2D eigenvalue weighted by molar-refractivity contribution is -0.143. The summed E-state index contributed by atoms with van der Waals surface area (Å²) in [6.45, 7) is 3.33. The van der Waals surface area contributed by atoms with Crippen molar-refractivity contribution in [3.63, 3.8) is 0 Å². The van der Waals surface area contributed by atoms with Gasteiger partial charge in [-0.25, -0.2) is 9.69 Å². The number of urea groups is 1. The van der Waals surface area contributed by atoms with Crippen molar-refractivity contribution in [3.8, 4) is 0 Å². The highest BCUT2D eigenvalue weighted by Gasteiger charge is 2.45. The minimum absolute atomic E-state index is 0.0406. The summed E-state index contributed by atoms with van der Waals surface area (Å²) in [5.74, 6) is -2.34. The van der Waals surface area contributed by atoms with Crippen LogP contribution in [0, 0.1) is 5.92 Å². The molecular weight excluding hydrogens is 286 g/mol. The molecule has 5 amide bonds. The molecule has 0 unspecified atom stereocenters. The van der Waals surface area contributed by atoms with E-state index in [1.165, 1.54) is 0 Å². The lowest BCUT2D eigenvalue weighted by Gasteiger charge is -2.16. The summed E-state index contributed by atoms with van der Waals surface area (Å²) >= 11 is 0. The third-order valence-electron chi connectivity index (χ3n) is 3.04. The molecule has 1 fully saturated rings. The number of anilines is 1. The largest absolute Gasteiger partial charge is 0.334 e. The quantitative estimate of drug-likeness (QED) is 0.651. The Balaban J connectivity index is 2.03. The van der Waals surface area contributed by atoms with Crippen molar-refractivity contribution in [3.05, 3.63) is 30.3 Å². The molecule has 0 bridgehead atoms. The maximum atomic E-state index is 12.1. The van der Waals surface area contributed by atoms with E-state index < -0.39 is 30.3 Å². The number of rotatable bonds is 5. The summed E-state index contributed by atoms with van der Waals surface area (Å²) in [4.78, 5) is 49.1. The Morgan fingerprint density at radius 2 is 1.64 bits per heavy atom. The molecule has 0 spiro atoms. The second kappa shape index (κ2) is 6.38. The Hall–Kier alpha value is -2.70. The molecule has 1 aromatic carbocycles. The molecule has 1 aliphatic heterocycles. The molecule has 116 valence electrons. The zero-order chi connectivity index (χ0) is 16.3. The van der Waals surface area contributed by atoms with Crippen molar-refractivity contribution in [1.29, 1.82) is 0 Å². The van der Waals surface area contributed by atoms with Gasteiger partial charge in [-0.15, -0.1) is 0 Å². The third-order valence-corrected chi connectivity index (χ3v) is 3.04. The Bertz CT molecular complexity index is 612. The minimum Gasteiger partial charge on any atom is -0.325 e. The van der Waals surface area contributed by atoms with Crippen molar-refractivity contribution >= 4 is 29.4 Å². The highest BCUT2D eigenvalue weighted by atomic mass is 16.2. The molecule has 0 atom stereocenters. The van der Waals surface area contributed by atoms with Crippen molar-refractivity contribution < 1.29 is 19.2 Å². The molecule has 1 N–H and O–H groups in total. The lowest BCUT2D eigenvalue weighted by Crippen LogP contribution is -2.39. The molecule has 22 heavy (non-hydrogen) atoms. The number of nitrogens with zero attached hydrogens (tertiary/aromatic N) is 2. The summed E-state index contributed by atoms with van der Waals surface area (Å²) in [5, 5.41) is 2.57. The van der Waals surface area contributed by atoms with E-state index in [1.54, 1.807) is 30.3 Å². The van der Waals surface area contributed by atoms with Crippen LogP contribution in [0.4, 0.5) is 10.5 Å². The topological polar surface area (TPSA) is 86.8 Å². The molecule has 1 aliphatic rings. The number of nitrogens with one attached hydrogen (secondary N) is 1. The third kappa shape index (κ3) is 3.30. The van der Waals surface area contributed by atoms with E-state index in [0.717, 1.165) is 4.90 Å². The van der Waals surface area contributed by atoms with Crippen LogP contribution >= 0.6 is 0 Å². The maximum absolute atomic E-state index is 12.1. The molecular formula is C15H17N3O4. The number of para-hydroxylation sites is 1. The molecule has 7 heteroatoms. The van der Waals surface area contributed by atoms with E-state index in [-0.39, 0.29) is 12.5 Å². The summed E-state index contributed by atoms with van der Waals surface area (Å²) in [5.41, 5.74) is 0.553. The van der Waals surface area contributed by atoms with Crippen LogP contribution in [-0.2, 0) is 14.4 Å². The molecule has 1 aromatic rings. The first-order chi connectivity index (χ1) is 10.4. The van der Waals surface area contributed by atoms with Gasteiger partial charge in [0.05, 0.1) is 0 Å². The molecule has 2 rings (SSSR count). The Kier molecular flexibility index (Phi) is 4.55. The molecule has 0 radical (unpaired) electrons. The first kappa shape index (κ1) is 15.7. The Morgan fingerprint density at radius 3 is 2.23 bits per heavy atom. The summed E-state index contributed by atoms with van der Waals surface area (Å²) < 4.78 is 0. The maximum Gasteiger partial charge on any atom is 0.334 e. The number of hydrogen-bond acceptors (Lipinski definition) is 4. The number of amides is 5. The van der Waals surface area contributed by atoms with Crippen molar-refractivity contribution in [1.82, 2.24) is 9.80 Å². The fourth-order valence-electron chi connectivity index (χ4n) is 2.08. The van der Waals surface area contributed by atoms with Gasteiger partial charge in [0.25, 0.3) is 0 Å². The van der Waals surface area contributed by atoms with Crippen LogP contribution in [0.25, 0.3) is 0 Å². The van der Waals surface area contributed by atoms with E-state index in [1.807, 2.05) is 13.8 Å². The van der Waals surface area contributed by atoms with Crippen LogP contribution in [-0.4, -0.2) is 46.6 Å². The van der Waals surface area contributed by atoms with Gasteiger partial charge in [-0.2, -0.15) is 0 Å². The summed E-state index contributed by atoms with van der Waals surface area (Å²) in [7, 11) is 0. The van der Waals surface area contributed by atoms with Crippen molar-refractivity contribution in [2.75, 3.05) is 18.4 Å². The summed E-state index contributed by atoms with van der Waals surface area (Å²) in [6, 6.07) is 7.91. The SMILES string of the molecule is CC(C)CN1C(=O)C(=O)N(CC(=O)Nc2ccccc2)C1=O. The van der Waals surface area contributed by atoms with Gasteiger partial charge in [0.15, 0.2) is 0 Å². The number of benzene rings is 1. The number of hydrogen-bond donors (Lipinski definition) is 1. The van der Waals surface area contributed by atoms with Gasteiger partial charge in [-0.3, -0.25) is 19.3 Å². The molecule has 1 heterocycles. The highest BCUT2D eigenvalue weighted by Crippen LogP contribution is 2.14. The van der Waals surface area contributed by atoms with Crippen molar-refractivity contribution in [2.24, 2.45) is 5.92 Å². The van der Waals surface area contributed by atoms with E-state index in [9.17, 15) is 19.2 Å². The first-order valence-electron chi connectivity index (χ1n) is 6.92. The van der Waals surface area contributed by atoms with Gasteiger partial charge >= 0.3 is 17.8 Å². The number of carbonyl (C=O) groups is 4. The molecule has 1 saturated heterocycles. The lowest BCUT2D eigenvalue weighted by atomic mass is 10.2. The smallest absolute Gasteiger partial charge is 0.325 e. The van der Waals surface area contributed by atoms with Crippen LogP contribution in [0.5, 0.6) is 0 Å². The van der Waals surface area contributed by atoms with Crippen LogP contribution in [0.15, 0.2) is 30.3 Å². The fraction of sp³-hybridized carbons (Fsp3) is 0.333. The van der Waals surface area contributed by atoms with Gasteiger partial charge in [0.1, 0.15) is 6.54 Å². The van der Waals surface area contributed by atoms with Crippen LogP contribution in [0.3, 0.4) is 0 Å². The normalized spacial score (nSPS) is 15.0. The van der Waals surface area contributed by atoms with Crippen LogP contribution < -0.4 is 5.32 Å². The van der Waals surface area contributed by atoms with E-state index >= 15 is 0 Å². The van der Waals surface area contributed by atoms with Crippen molar-refractivity contribution in [2.45, 2.75) is 13.8 Å². The number of carbonyl (C=O) groups excluding carboxylic acids is 4. The van der Waals surface area contributed by atoms with Gasteiger partial charge < -0.3 is 5.32 Å². The molecule has 0 saturated carbocycles. The average molecular weight is 303 g/mol. The van der Waals surface area contributed by atoms with Crippen LogP contribution in [0.1, 0.15) is 13.8 Å². The summed E-state index contributed by atoms with van der Waals surface area (Å²) in [6.07, 6.45) is 0. The van der Waals surface area contributed by atoms with Gasteiger partial charge in [0, 0.05) is 12.2 Å². The monoisotopic (exact) mass is 303 g/mol.